The van der Waals surface area contributed by atoms with E-state index >= 15 is 0 Å². The highest BCUT2D eigenvalue weighted by atomic mass is 127. The number of carbonyl (C=O) groups excluding carboxylic acids is 1. The molecule has 0 radical (unpaired) electrons. The standard InChI is InChI=1S/C22H36N4O.HI/c1-6-25(7-2)21(27)20-10-8-18(9-11-20)15-24-22(23-5)26-13-12-19(16-26)14-17(3)4;/h8-11,17,19H,6-7,12-16H2,1-5H3,(H,23,24);1H. The highest BCUT2D eigenvalue weighted by Gasteiger charge is 2.25. The summed E-state index contributed by atoms with van der Waals surface area (Å²) >= 11 is 0. The number of benzene rings is 1. The van der Waals surface area contributed by atoms with Crippen molar-refractivity contribution >= 4 is 35.8 Å². The second kappa shape index (κ2) is 12.3. The summed E-state index contributed by atoms with van der Waals surface area (Å²) in [6.45, 7) is 13.0. The predicted molar refractivity (Wildman–Crippen MR) is 128 cm³/mol. The summed E-state index contributed by atoms with van der Waals surface area (Å²) in [6.07, 6.45) is 2.54. The van der Waals surface area contributed by atoms with E-state index in [4.69, 9.17) is 0 Å². The maximum atomic E-state index is 12.4. The number of rotatable bonds is 7. The molecule has 1 aliphatic rings. The number of hydrogen-bond donors (Lipinski definition) is 1. The Labute approximate surface area is 188 Å². The monoisotopic (exact) mass is 500 g/mol. The summed E-state index contributed by atoms with van der Waals surface area (Å²) in [7, 11) is 1.85. The van der Waals surface area contributed by atoms with Crippen LogP contribution < -0.4 is 5.32 Å². The number of aliphatic imine (C=N–C) groups is 1. The maximum Gasteiger partial charge on any atom is 0.253 e. The van der Waals surface area contributed by atoms with Gasteiger partial charge in [0.05, 0.1) is 0 Å². The normalized spacial score (nSPS) is 16.9. The van der Waals surface area contributed by atoms with Crippen molar-refractivity contribution in [3.63, 3.8) is 0 Å². The van der Waals surface area contributed by atoms with Gasteiger partial charge < -0.3 is 15.1 Å². The minimum absolute atomic E-state index is 0. The van der Waals surface area contributed by atoms with E-state index in [1.807, 2.05) is 50.1 Å². The lowest BCUT2D eigenvalue weighted by atomic mass is 9.97. The Morgan fingerprint density at radius 3 is 2.43 bits per heavy atom. The summed E-state index contributed by atoms with van der Waals surface area (Å²) in [4.78, 5) is 21.1. The predicted octanol–water partition coefficient (Wildman–Crippen LogP) is 4.23. The third kappa shape index (κ3) is 6.94. The van der Waals surface area contributed by atoms with Gasteiger partial charge in [-0.15, -0.1) is 24.0 Å². The van der Waals surface area contributed by atoms with Crippen LogP contribution in [0.1, 0.15) is 56.5 Å². The molecule has 158 valence electrons. The van der Waals surface area contributed by atoms with Crippen LogP contribution in [0.5, 0.6) is 0 Å². The van der Waals surface area contributed by atoms with Gasteiger partial charge in [0.1, 0.15) is 0 Å². The zero-order valence-corrected chi connectivity index (χ0v) is 20.4. The van der Waals surface area contributed by atoms with Crippen LogP contribution in [0.15, 0.2) is 29.3 Å². The molecule has 0 bridgehead atoms. The molecule has 28 heavy (non-hydrogen) atoms. The number of guanidine groups is 1. The van der Waals surface area contributed by atoms with E-state index in [0.29, 0.717) is 0 Å². The zero-order chi connectivity index (χ0) is 19.8. The topological polar surface area (TPSA) is 47.9 Å². The number of carbonyl (C=O) groups is 1. The molecule has 1 aromatic rings. The van der Waals surface area contributed by atoms with Crippen LogP contribution in [-0.4, -0.2) is 54.9 Å². The average Bonchev–Trinajstić information content (AvgIpc) is 3.11. The fourth-order valence-corrected chi connectivity index (χ4v) is 3.86. The second-order valence-corrected chi connectivity index (χ2v) is 7.81. The van der Waals surface area contributed by atoms with Crippen molar-refractivity contribution in [2.75, 3.05) is 33.2 Å². The second-order valence-electron chi connectivity index (χ2n) is 7.81. The minimum Gasteiger partial charge on any atom is -0.352 e. The van der Waals surface area contributed by atoms with Crippen LogP contribution in [0, 0.1) is 11.8 Å². The molecule has 1 N–H and O–H groups in total. The number of halogens is 1. The van der Waals surface area contributed by atoms with Crippen molar-refractivity contribution in [2.24, 2.45) is 16.8 Å². The van der Waals surface area contributed by atoms with Gasteiger partial charge >= 0.3 is 0 Å². The molecule has 2 rings (SSSR count). The Bertz CT molecular complexity index is 626. The fourth-order valence-electron chi connectivity index (χ4n) is 3.86. The van der Waals surface area contributed by atoms with E-state index in [1.165, 1.54) is 12.8 Å². The van der Waals surface area contributed by atoms with Gasteiger partial charge in [0.2, 0.25) is 0 Å². The number of nitrogens with zero attached hydrogens (tertiary/aromatic N) is 3. The SMILES string of the molecule is CCN(CC)C(=O)c1ccc(CNC(=NC)N2CCC(CC(C)C)C2)cc1.I. The molecule has 0 spiro atoms. The summed E-state index contributed by atoms with van der Waals surface area (Å²) in [5, 5.41) is 3.48. The lowest BCUT2D eigenvalue weighted by Crippen LogP contribution is -2.39. The molecule has 1 atom stereocenters. The van der Waals surface area contributed by atoms with Crippen molar-refractivity contribution in [1.29, 1.82) is 0 Å². The van der Waals surface area contributed by atoms with Crippen LogP contribution in [0.2, 0.25) is 0 Å². The number of nitrogens with one attached hydrogen (secondary N) is 1. The molecular formula is C22H37IN4O. The van der Waals surface area contributed by atoms with E-state index in [2.05, 4.69) is 29.1 Å². The third-order valence-electron chi connectivity index (χ3n) is 5.30. The summed E-state index contributed by atoms with van der Waals surface area (Å²) in [6, 6.07) is 7.91. The van der Waals surface area contributed by atoms with Crippen molar-refractivity contribution in [2.45, 2.75) is 47.1 Å². The van der Waals surface area contributed by atoms with Crippen LogP contribution in [0.4, 0.5) is 0 Å². The van der Waals surface area contributed by atoms with Crippen LogP contribution in [0.25, 0.3) is 0 Å². The van der Waals surface area contributed by atoms with Gasteiger partial charge in [0.25, 0.3) is 5.91 Å². The summed E-state index contributed by atoms with van der Waals surface area (Å²) in [5.41, 5.74) is 1.91. The lowest BCUT2D eigenvalue weighted by Gasteiger charge is -2.22. The molecule has 1 amide bonds. The van der Waals surface area contributed by atoms with Crippen molar-refractivity contribution < 1.29 is 4.79 Å². The van der Waals surface area contributed by atoms with Crippen molar-refractivity contribution in [3.8, 4) is 0 Å². The molecule has 1 heterocycles. The van der Waals surface area contributed by atoms with Gasteiger partial charge in [-0.3, -0.25) is 9.79 Å². The first-order valence-electron chi connectivity index (χ1n) is 10.3. The quantitative estimate of drug-likeness (QED) is 0.347. The highest BCUT2D eigenvalue weighted by molar-refractivity contribution is 14.0. The highest BCUT2D eigenvalue weighted by Crippen LogP contribution is 2.23. The molecule has 6 heteroatoms. The Hall–Kier alpha value is -1.31. The molecule has 0 saturated carbocycles. The van der Waals surface area contributed by atoms with Gasteiger partial charge in [-0.1, -0.05) is 26.0 Å². The molecule has 1 fully saturated rings. The molecule has 0 aliphatic carbocycles. The molecule has 1 saturated heterocycles. The van der Waals surface area contributed by atoms with E-state index in [1.54, 1.807) is 0 Å². The molecule has 1 unspecified atom stereocenters. The van der Waals surface area contributed by atoms with E-state index in [-0.39, 0.29) is 29.9 Å². The fraction of sp³-hybridized carbons (Fsp3) is 0.636. The largest absolute Gasteiger partial charge is 0.352 e. The van der Waals surface area contributed by atoms with Crippen LogP contribution >= 0.6 is 24.0 Å². The zero-order valence-electron chi connectivity index (χ0n) is 18.1. The first-order valence-corrected chi connectivity index (χ1v) is 10.3. The van der Waals surface area contributed by atoms with Crippen LogP contribution in [0.3, 0.4) is 0 Å². The first-order chi connectivity index (χ1) is 13.0. The first kappa shape index (κ1) is 24.7. The Balaban J connectivity index is 0.00000392. The molecule has 5 nitrogen and oxygen atoms in total. The van der Waals surface area contributed by atoms with E-state index in [0.717, 1.165) is 61.6 Å². The van der Waals surface area contributed by atoms with E-state index in [9.17, 15) is 4.79 Å². The van der Waals surface area contributed by atoms with Crippen molar-refractivity contribution in [1.82, 2.24) is 15.1 Å². The van der Waals surface area contributed by atoms with E-state index < -0.39 is 0 Å². The summed E-state index contributed by atoms with van der Waals surface area (Å²) < 4.78 is 0. The van der Waals surface area contributed by atoms with Crippen molar-refractivity contribution in [3.05, 3.63) is 35.4 Å². The van der Waals surface area contributed by atoms with Gasteiger partial charge in [0.15, 0.2) is 5.96 Å². The maximum absolute atomic E-state index is 12.4. The molecule has 1 aromatic carbocycles. The Morgan fingerprint density at radius 1 is 1.25 bits per heavy atom. The van der Waals surface area contributed by atoms with Gasteiger partial charge in [-0.05, 0) is 56.2 Å². The third-order valence-corrected chi connectivity index (χ3v) is 5.30. The Kier molecular flexibility index (Phi) is 10.9. The number of likely N-dealkylation sites (tertiary alicyclic amines) is 1. The summed E-state index contributed by atoms with van der Waals surface area (Å²) in [5.74, 6) is 2.60. The molecular weight excluding hydrogens is 463 g/mol. The lowest BCUT2D eigenvalue weighted by molar-refractivity contribution is 0.0773. The van der Waals surface area contributed by atoms with Gasteiger partial charge in [0, 0.05) is 45.3 Å². The Morgan fingerprint density at radius 2 is 1.89 bits per heavy atom. The smallest absolute Gasteiger partial charge is 0.253 e. The minimum atomic E-state index is 0. The average molecular weight is 500 g/mol. The van der Waals surface area contributed by atoms with Gasteiger partial charge in [-0.25, -0.2) is 0 Å². The van der Waals surface area contributed by atoms with Crippen LogP contribution in [-0.2, 0) is 6.54 Å². The molecule has 1 aliphatic heterocycles. The number of hydrogen-bond acceptors (Lipinski definition) is 2. The van der Waals surface area contributed by atoms with Gasteiger partial charge in [-0.2, -0.15) is 0 Å². The molecule has 0 aromatic heterocycles. The number of amides is 1.